The number of carboxylic acid groups (broad SMARTS) is 1. The Hall–Kier alpha value is -1.35. The molecular weight excluding hydrogens is 238 g/mol. The van der Waals surface area contributed by atoms with Crippen LogP contribution in [0.25, 0.3) is 0 Å². The fourth-order valence-corrected chi connectivity index (χ4v) is 3.08. The van der Waals surface area contributed by atoms with Crippen molar-refractivity contribution >= 4 is 5.97 Å². The summed E-state index contributed by atoms with van der Waals surface area (Å²) >= 11 is 0. The van der Waals surface area contributed by atoms with Gasteiger partial charge in [0.05, 0.1) is 6.42 Å². The highest BCUT2D eigenvalue weighted by molar-refractivity contribution is 5.67. The Labute approximate surface area is 115 Å². The van der Waals surface area contributed by atoms with E-state index < -0.39 is 5.97 Å². The SMILES string of the molecule is CC(C)C1(CC(=O)O)CCN(Cc2ccccc2)C1. The molecule has 1 aromatic rings. The molecule has 0 radical (unpaired) electrons. The van der Waals surface area contributed by atoms with E-state index in [2.05, 4.69) is 43.0 Å². The second-order valence-electron chi connectivity index (χ2n) is 6.03. The summed E-state index contributed by atoms with van der Waals surface area (Å²) in [6, 6.07) is 10.4. The zero-order chi connectivity index (χ0) is 13.9. The molecule has 0 amide bonds. The zero-order valence-corrected chi connectivity index (χ0v) is 11.8. The Morgan fingerprint density at radius 1 is 1.37 bits per heavy atom. The van der Waals surface area contributed by atoms with Gasteiger partial charge in [-0.05, 0) is 29.9 Å². The minimum atomic E-state index is -0.671. The van der Waals surface area contributed by atoms with E-state index in [4.69, 9.17) is 5.11 Å². The number of hydrogen-bond donors (Lipinski definition) is 1. The molecule has 0 bridgehead atoms. The van der Waals surface area contributed by atoms with Gasteiger partial charge in [-0.3, -0.25) is 9.69 Å². The molecular formula is C16H23NO2. The van der Waals surface area contributed by atoms with E-state index in [1.807, 2.05) is 6.07 Å². The molecule has 1 aromatic carbocycles. The molecule has 1 saturated heterocycles. The monoisotopic (exact) mass is 261 g/mol. The molecule has 104 valence electrons. The van der Waals surface area contributed by atoms with Gasteiger partial charge in [0.15, 0.2) is 0 Å². The van der Waals surface area contributed by atoms with Gasteiger partial charge in [0, 0.05) is 13.1 Å². The first-order valence-electron chi connectivity index (χ1n) is 7.00. The van der Waals surface area contributed by atoms with Crippen LogP contribution in [-0.2, 0) is 11.3 Å². The third kappa shape index (κ3) is 3.35. The lowest BCUT2D eigenvalue weighted by molar-refractivity contribution is -0.140. The van der Waals surface area contributed by atoms with Crippen molar-refractivity contribution in [3.8, 4) is 0 Å². The predicted octanol–water partition coefficient (Wildman–Crippen LogP) is 3.01. The van der Waals surface area contributed by atoms with E-state index in [-0.39, 0.29) is 11.8 Å². The van der Waals surface area contributed by atoms with Crippen LogP contribution in [0.5, 0.6) is 0 Å². The van der Waals surface area contributed by atoms with Crippen LogP contribution in [0, 0.1) is 11.3 Å². The number of benzene rings is 1. The summed E-state index contributed by atoms with van der Waals surface area (Å²) in [6.07, 6.45) is 1.28. The second-order valence-corrected chi connectivity index (χ2v) is 6.03. The maximum Gasteiger partial charge on any atom is 0.303 e. The lowest BCUT2D eigenvalue weighted by atomic mass is 9.74. The van der Waals surface area contributed by atoms with Crippen molar-refractivity contribution < 1.29 is 9.90 Å². The minimum Gasteiger partial charge on any atom is -0.481 e. The summed E-state index contributed by atoms with van der Waals surface area (Å²) in [5.74, 6) is -0.264. The fourth-order valence-electron chi connectivity index (χ4n) is 3.08. The topological polar surface area (TPSA) is 40.5 Å². The molecule has 0 saturated carbocycles. The molecule has 1 N–H and O–H groups in total. The van der Waals surface area contributed by atoms with E-state index in [1.165, 1.54) is 5.56 Å². The lowest BCUT2D eigenvalue weighted by Crippen LogP contribution is -2.33. The smallest absolute Gasteiger partial charge is 0.303 e. The van der Waals surface area contributed by atoms with Crippen molar-refractivity contribution in [2.24, 2.45) is 11.3 Å². The number of hydrogen-bond acceptors (Lipinski definition) is 2. The molecule has 0 aromatic heterocycles. The van der Waals surface area contributed by atoms with Crippen molar-refractivity contribution in [2.75, 3.05) is 13.1 Å². The molecule has 3 heteroatoms. The van der Waals surface area contributed by atoms with E-state index in [1.54, 1.807) is 0 Å². The summed E-state index contributed by atoms with van der Waals surface area (Å²) in [5, 5.41) is 9.15. The normalized spacial score (nSPS) is 23.9. The predicted molar refractivity (Wildman–Crippen MR) is 75.9 cm³/mol. The van der Waals surface area contributed by atoms with Gasteiger partial charge in [-0.15, -0.1) is 0 Å². The first-order chi connectivity index (χ1) is 9.02. The van der Waals surface area contributed by atoms with Crippen LogP contribution in [0.3, 0.4) is 0 Å². The standard InChI is InChI=1S/C16H23NO2/c1-13(2)16(10-15(18)19)8-9-17(12-16)11-14-6-4-3-5-7-14/h3-7,13H,8-12H2,1-2H3,(H,18,19). The van der Waals surface area contributed by atoms with Crippen LogP contribution < -0.4 is 0 Å². The van der Waals surface area contributed by atoms with Gasteiger partial charge in [0.2, 0.25) is 0 Å². The molecule has 1 unspecified atom stereocenters. The van der Waals surface area contributed by atoms with Crippen molar-refractivity contribution in [2.45, 2.75) is 33.2 Å². The summed E-state index contributed by atoms with van der Waals surface area (Å²) in [6.45, 7) is 7.12. The fraction of sp³-hybridized carbons (Fsp3) is 0.562. The van der Waals surface area contributed by atoms with Crippen LogP contribution in [0.2, 0.25) is 0 Å². The van der Waals surface area contributed by atoms with Crippen LogP contribution in [0.4, 0.5) is 0 Å². The van der Waals surface area contributed by atoms with Gasteiger partial charge in [-0.2, -0.15) is 0 Å². The molecule has 1 heterocycles. The van der Waals surface area contributed by atoms with E-state index in [0.29, 0.717) is 5.92 Å². The molecule has 0 aliphatic carbocycles. The van der Waals surface area contributed by atoms with Crippen LogP contribution in [0.15, 0.2) is 30.3 Å². The van der Waals surface area contributed by atoms with Gasteiger partial charge >= 0.3 is 5.97 Å². The summed E-state index contributed by atoms with van der Waals surface area (Å²) < 4.78 is 0. The third-order valence-electron chi connectivity index (χ3n) is 4.44. The Morgan fingerprint density at radius 2 is 2.05 bits per heavy atom. The highest BCUT2D eigenvalue weighted by Crippen LogP contribution is 2.41. The maximum absolute atomic E-state index is 11.1. The number of carbonyl (C=O) groups is 1. The first kappa shape index (κ1) is 14.1. The summed E-state index contributed by atoms with van der Waals surface area (Å²) in [4.78, 5) is 13.5. The van der Waals surface area contributed by atoms with Crippen LogP contribution in [-0.4, -0.2) is 29.1 Å². The van der Waals surface area contributed by atoms with Crippen molar-refractivity contribution in [3.05, 3.63) is 35.9 Å². The van der Waals surface area contributed by atoms with Crippen molar-refractivity contribution in [1.82, 2.24) is 4.90 Å². The average molecular weight is 261 g/mol. The highest BCUT2D eigenvalue weighted by atomic mass is 16.4. The van der Waals surface area contributed by atoms with Crippen LogP contribution >= 0.6 is 0 Å². The number of likely N-dealkylation sites (tertiary alicyclic amines) is 1. The Bertz CT molecular complexity index is 430. The van der Waals surface area contributed by atoms with Gasteiger partial charge in [0.1, 0.15) is 0 Å². The molecule has 3 nitrogen and oxygen atoms in total. The molecule has 2 rings (SSSR count). The Morgan fingerprint density at radius 3 is 2.63 bits per heavy atom. The van der Waals surface area contributed by atoms with Crippen molar-refractivity contribution in [3.63, 3.8) is 0 Å². The second kappa shape index (κ2) is 5.74. The molecule has 0 spiro atoms. The van der Waals surface area contributed by atoms with Gasteiger partial charge in [-0.1, -0.05) is 44.2 Å². The largest absolute Gasteiger partial charge is 0.481 e. The van der Waals surface area contributed by atoms with E-state index >= 15 is 0 Å². The number of nitrogens with zero attached hydrogens (tertiary/aromatic N) is 1. The molecule has 1 fully saturated rings. The van der Waals surface area contributed by atoms with E-state index in [0.717, 1.165) is 26.1 Å². The third-order valence-corrected chi connectivity index (χ3v) is 4.44. The number of rotatable bonds is 5. The molecule has 1 aliphatic rings. The Balaban J connectivity index is 2.02. The zero-order valence-electron chi connectivity index (χ0n) is 11.8. The quantitative estimate of drug-likeness (QED) is 0.885. The number of carboxylic acids is 1. The first-order valence-corrected chi connectivity index (χ1v) is 7.00. The maximum atomic E-state index is 11.1. The summed E-state index contributed by atoms with van der Waals surface area (Å²) in [7, 11) is 0. The number of aliphatic carboxylic acids is 1. The molecule has 19 heavy (non-hydrogen) atoms. The Kier molecular flexibility index (Phi) is 4.25. The van der Waals surface area contributed by atoms with Gasteiger partial charge in [0.25, 0.3) is 0 Å². The highest BCUT2D eigenvalue weighted by Gasteiger charge is 2.42. The summed E-state index contributed by atoms with van der Waals surface area (Å²) in [5.41, 5.74) is 1.25. The van der Waals surface area contributed by atoms with Crippen LogP contribution in [0.1, 0.15) is 32.3 Å². The molecule has 1 atom stereocenters. The van der Waals surface area contributed by atoms with Crippen molar-refractivity contribution in [1.29, 1.82) is 0 Å². The van der Waals surface area contributed by atoms with Gasteiger partial charge in [-0.25, -0.2) is 0 Å². The molecule has 1 aliphatic heterocycles. The lowest BCUT2D eigenvalue weighted by Gasteiger charge is -2.32. The van der Waals surface area contributed by atoms with Gasteiger partial charge < -0.3 is 5.11 Å². The van der Waals surface area contributed by atoms with E-state index in [9.17, 15) is 4.79 Å². The average Bonchev–Trinajstić information content (AvgIpc) is 2.74. The minimum absolute atomic E-state index is 0.0549.